The Hall–Kier alpha value is -2.53. The minimum Gasteiger partial charge on any atom is -0.360 e. The van der Waals surface area contributed by atoms with E-state index in [0.29, 0.717) is 11.7 Å². The highest BCUT2D eigenvalue weighted by atomic mass is 32.2. The van der Waals surface area contributed by atoms with Crippen LogP contribution in [0.15, 0.2) is 59.9 Å². The fourth-order valence-electron chi connectivity index (χ4n) is 3.22. The lowest BCUT2D eigenvalue weighted by molar-refractivity contribution is 0.102. The third-order valence-electron chi connectivity index (χ3n) is 4.39. The third-order valence-corrected chi connectivity index (χ3v) is 5.37. The number of fused-ring (bicyclic) bond motifs is 2. The van der Waals surface area contributed by atoms with Crippen molar-refractivity contribution < 1.29 is 4.79 Å². The normalized spacial score (nSPS) is 11.7. The molecule has 0 aliphatic heterocycles. The van der Waals surface area contributed by atoms with Crippen molar-refractivity contribution in [3.8, 4) is 0 Å². The van der Waals surface area contributed by atoms with Crippen LogP contribution in [-0.4, -0.2) is 26.1 Å². The number of nitrogens with zero attached hydrogens (tertiary/aromatic N) is 2. The number of ketones is 1. The molecule has 0 saturated carbocycles. The molecule has 4 aromatic rings. The Balaban J connectivity index is 1.60. The van der Waals surface area contributed by atoms with Gasteiger partial charge in [-0.05, 0) is 24.1 Å². The van der Waals surface area contributed by atoms with Crippen LogP contribution < -0.4 is 0 Å². The number of thioether (sulfide) groups is 1. The van der Waals surface area contributed by atoms with Crippen LogP contribution in [0.3, 0.4) is 0 Å². The number of rotatable bonds is 6. The SMILES string of the molecule is CC(C)Cn1c(SCC(=O)c2c[nH]c3ccccc23)nc2ccccc21. The lowest BCUT2D eigenvalue weighted by Crippen LogP contribution is -2.08. The maximum absolute atomic E-state index is 12.8. The van der Waals surface area contributed by atoms with Crippen molar-refractivity contribution in [3.63, 3.8) is 0 Å². The second-order valence-corrected chi connectivity index (χ2v) is 7.79. The van der Waals surface area contributed by atoms with Crippen molar-refractivity contribution in [1.29, 1.82) is 0 Å². The van der Waals surface area contributed by atoms with Gasteiger partial charge in [0.1, 0.15) is 0 Å². The number of benzene rings is 2. The van der Waals surface area contributed by atoms with E-state index < -0.39 is 0 Å². The third kappa shape index (κ3) is 3.15. The average Bonchev–Trinajstić information content (AvgIpc) is 3.21. The molecular formula is C21H21N3OS. The first-order valence-corrected chi connectivity index (χ1v) is 9.79. The lowest BCUT2D eigenvalue weighted by atomic mass is 10.1. The fourth-order valence-corrected chi connectivity index (χ4v) is 4.12. The Morgan fingerprint density at radius 2 is 1.92 bits per heavy atom. The van der Waals surface area contributed by atoms with Crippen molar-refractivity contribution in [2.24, 2.45) is 5.92 Å². The summed E-state index contributed by atoms with van der Waals surface area (Å²) in [6, 6.07) is 16.1. The molecule has 0 bridgehead atoms. The molecule has 0 atom stereocenters. The van der Waals surface area contributed by atoms with Gasteiger partial charge in [-0.3, -0.25) is 4.79 Å². The summed E-state index contributed by atoms with van der Waals surface area (Å²) in [6.07, 6.45) is 1.81. The highest BCUT2D eigenvalue weighted by Crippen LogP contribution is 2.27. The van der Waals surface area contributed by atoms with E-state index in [1.807, 2.05) is 48.7 Å². The van der Waals surface area contributed by atoms with Crippen LogP contribution in [0, 0.1) is 5.92 Å². The summed E-state index contributed by atoms with van der Waals surface area (Å²) >= 11 is 1.52. The maximum Gasteiger partial charge on any atom is 0.175 e. The molecule has 0 spiro atoms. The molecule has 2 heterocycles. The summed E-state index contributed by atoms with van der Waals surface area (Å²) in [5.41, 5.74) is 3.85. The first kappa shape index (κ1) is 16.9. The van der Waals surface area contributed by atoms with Crippen molar-refractivity contribution in [2.75, 3.05) is 5.75 Å². The van der Waals surface area contributed by atoms with Gasteiger partial charge in [-0.1, -0.05) is 55.9 Å². The van der Waals surface area contributed by atoms with Gasteiger partial charge in [-0.25, -0.2) is 4.98 Å². The predicted molar refractivity (Wildman–Crippen MR) is 108 cm³/mol. The van der Waals surface area contributed by atoms with Crippen molar-refractivity contribution in [3.05, 3.63) is 60.3 Å². The number of carbonyl (C=O) groups is 1. The van der Waals surface area contributed by atoms with E-state index in [1.165, 1.54) is 11.8 Å². The van der Waals surface area contributed by atoms with E-state index in [1.54, 1.807) is 0 Å². The van der Waals surface area contributed by atoms with E-state index in [4.69, 9.17) is 4.98 Å². The minimum absolute atomic E-state index is 0.121. The van der Waals surface area contributed by atoms with E-state index in [2.05, 4.69) is 29.5 Å². The molecule has 5 heteroatoms. The van der Waals surface area contributed by atoms with Gasteiger partial charge in [0.15, 0.2) is 10.9 Å². The van der Waals surface area contributed by atoms with Crippen LogP contribution in [0.2, 0.25) is 0 Å². The minimum atomic E-state index is 0.121. The average molecular weight is 363 g/mol. The van der Waals surface area contributed by atoms with Crippen molar-refractivity contribution in [2.45, 2.75) is 25.5 Å². The van der Waals surface area contributed by atoms with Crippen LogP contribution in [0.4, 0.5) is 0 Å². The smallest absolute Gasteiger partial charge is 0.175 e. The Kier molecular flexibility index (Phi) is 4.55. The molecular weight excluding hydrogens is 342 g/mol. The van der Waals surface area contributed by atoms with Crippen LogP contribution in [0.25, 0.3) is 21.9 Å². The number of nitrogens with one attached hydrogen (secondary N) is 1. The Labute approximate surface area is 156 Å². The Morgan fingerprint density at radius 1 is 1.15 bits per heavy atom. The quantitative estimate of drug-likeness (QED) is 0.381. The zero-order chi connectivity index (χ0) is 18.1. The highest BCUT2D eigenvalue weighted by molar-refractivity contribution is 7.99. The van der Waals surface area contributed by atoms with Gasteiger partial charge in [0, 0.05) is 29.2 Å². The Bertz CT molecular complexity index is 1080. The number of aromatic nitrogens is 3. The van der Waals surface area contributed by atoms with Gasteiger partial charge in [-0.15, -0.1) is 0 Å². The number of para-hydroxylation sites is 3. The number of imidazole rings is 1. The molecule has 0 aliphatic rings. The largest absolute Gasteiger partial charge is 0.360 e. The summed E-state index contributed by atoms with van der Waals surface area (Å²) in [6.45, 7) is 5.28. The van der Waals surface area contributed by atoms with Gasteiger partial charge in [-0.2, -0.15) is 0 Å². The highest BCUT2D eigenvalue weighted by Gasteiger charge is 2.16. The number of H-pyrrole nitrogens is 1. The maximum atomic E-state index is 12.8. The summed E-state index contributed by atoms with van der Waals surface area (Å²) in [4.78, 5) is 20.7. The van der Waals surface area contributed by atoms with Crippen LogP contribution in [0.5, 0.6) is 0 Å². The number of hydrogen-bond donors (Lipinski definition) is 1. The molecule has 0 fully saturated rings. The van der Waals surface area contributed by atoms with Gasteiger partial charge in [0.2, 0.25) is 0 Å². The van der Waals surface area contributed by atoms with E-state index in [0.717, 1.165) is 39.2 Å². The summed E-state index contributed by atoms with van der Waals surface area (Å²) in [7, 11) is 0. The molecule has 0 amide bonds. The van der Waals surface area contributed by atoms with E-state index >= 15 is 0 Å². The molecule has 0 saturated heterocycles. The molecule has 0 unspecified atom stereocenters. The first-order valence-electron chi connectivity index (χ1n) is 8.81. The molecule has 4 nitrogen and oxygen atoms in total. The van der Waals surface area contributed by atoms with E-state index in [-0.39, 0.29) is 5.78 Å². The fraction of sp³-hybridized carbons (Fsp3) is 0.238. The number of carbonyl (C=O) groups excluding carboxylic acids is 1. The monoisotopic (exact) mass is 363 g/mol. The number of Topliss-reactive ketones (excluding diaryl/α,β-unsaturated/α-hetero) is 1. The van der Waals surface area contributed by atoms with Crippen molar-refractivity contribution >= 4 is 39.5 Å². The zero-order valence-electron chi connectivity index (χ0n) is 14.9. The summed E-state index contributed by atoms with van der Waals surface area (Å²) in [5, 5.41) is 1.89. The van der Waals surface area contributed by atoms with Crippen LogP contribution in [0.1, 0.15) is 24.2 Å². The van der Waals surface area contributed by atoms with E-state index in [9.17, 15) is 4.79 Å². The molecule has 2 aromatic heterocycles. The summed E-state index contributed by atoms with van der Waals surface area (Å²) < 4.78 is 2.23. The van der Waals surface area contributed by atoms with Gasteiger partial charge < -0.3 is 9.55 Å². The molecule has 0 radical (unpaired) electrons. The second kappa shape index (κ2) is 7.00. The molecule has 0 aliphatic carbocycles. The van der Waals surface area contributed by atoms with Crippen LogP contribution >= 0.6 is 11.8 Å². The molecule has 4 rings (SSSR count). The molecule has 2 aromatic carbocycles. The van der Waals surface area contributed by atoms with Crippen molar-refractivity contribution in [1.82, 2.24) is 14.5 Å². The first-order chi connectivity index (χ1) is 12.6. The molecule has 26 heavy (non-hydrogen) atoms. The number of aromatic amines is 1. The number of hydrogen-bond acceptors (Lipinski definition) is 3. The van der Waals surface area contributed by atoms with Gasteiger partial charge >= 0.3 is 0 Å². The zero-order valence-corrected chi connectivity index (χ0v) is 15.7. The second-order valence-electron chi connectivity index (χ2n) is 6.85. The predicted octanol–water partition coefficient (Wildman–Crippen LogP) is 5.15. The topological polar surface area (TPSA) is 50.7 Å². The standard InChI is InChI=1S/C21H21N3OS/c1-14(2)12-24-19-10-6-5-9-18(19)23-21(24)26-13-20(25)16-11-22-17-8-4-3-7-15(16)17/h3-11,14,22H,12-13H2,1-2H3. The van der Waals surface area contributed by atoms with Gasteiger partial charge in [0.05, 0.1) is 16.8 Å². The summed E-state index contributed by atoms with van der Waals surface area (Å²) in [5.74, 6) is 1.01. The Morgan fingerprint density at radius 3 is 2.77 bits per heavy atom. The lowest BCUT2D eigenvalue weighted by Gasteiger charge is -2.11. The molecule has 132 valence electrons. The van der Waals surface area contributed by atoms with Gasteiger partial charge in [0.25, 0.3) is 0 Å². The van der Waals surface area contributed by atoms with Crippen LogP contribution in [-0.2, 0) is 6.54 Å². The molecule has 1 N–H and O–H groups in total.